The summed E-state index contributed by atoms with van der Waals surface area (Å²) in [6, 6.07) is 8.44. The van der Waals surface area contributed by atoms with E-state index in [1.54, 1.807) is 11.0 Å². The fourth-order valence-electron chi connectivity index (χ4n) is 5.51. The number of halogens is 3. The molecule has 3 aromatic rings. The lowest BCUT2D eigenvalue weighted by molar-refractivity contribution is -0.138. The number of nitriles is 1. The topological polar surface area (TPSA) is 115 Å². The highest BCUT2D eigenvalue weighted by Crippen LogP contribution is 2.47. The molecule has 1 saturated heterocycles. The van der Waals surface area contributed by atoms with Crippen molar-refractivity contribution in [3.63, 3.8) is 0 Å². The molecule has 1 aliphatic heterocycles. The van der Waals surface area contributed by atoms with Crippen molar-refractivity contribution >= 4 is 40.1 Å². The van der Waals surface area contributed by atoms with Crippen molar-refractivity contribution in [2.24, 2.45) is 11.8 Å². The highest BCUT2D eigenvalue weighted by molar-refractivity contribution is 6.29. The van der Waals surface area contributed by atoms with Gasteiger partial charge in [0.05, 0.1) is 22.8 Å². The van der Waals surface area contributed by atoms with Gasteiger partial charge < -0.3 is 15.3 Å². The zero-order valence-corrected chi connectivity index (χ0v) is 21.1. The van der Waals surface area contributed by atoms with Crippen molar-refractivity contribution in [2.75, 3.05) is 23.3 Å². The Morgan fingerprint density at radius 3 is 2.59 bits per heavy atom. The molecule has 1 aromatic carbocycles. The normalized spacial score (nSPS) is 21.4. The molecule has 0 spiro atoms. The van der Waals surface area contributed by atoms with Crippen LogP contribution in [0.3, 0.4) is 0 Å². The molecule has 2 aromatic heterocycles. The predicted molar refractivity (Wildman–Crippen MR) is 135 cm³/mol. The molecule has 5 rings (SSSR count). The van der Waals surface area contributed by atoms with Crippen molar-refractivity contribution in [2.45, 2.75) is 45.1 Å². The van der Waals surface area contributed by atoms with Crippen molar-refractivity contribution in [1.29, 1.82) is 5.26 Å². The van der Waals surface area contributed by atoms with Gasteiger partial charge in [-0.3, -0.25) is 0 Å². The number of carboxylic acid groups (broad SMARTS) is 1. The molecule has 1 aliphatic carbocycles. The first kappa shape index (κ1) is 25.1. The average molecular weight is 527 g/mol. The minimum Gasteiger partial charge on any atom is -0.476 e. The second-order valence-corrected chi connectivity index (χ2v) is 10.2. The van der Waals surface area contributed by atoms with Gasteiger partial charge in [-0.25, -0.2) is 28.5 Å². The lowest BCUT2D eigenvalue weighted by atomic mass is 9.74. The fourth-order valence-corrected chi connectivity index (χ4v) is 5.66. The summed E-state index contributed by atoms with van der Waals surface area (Å²) in [4.78, 5) is 26.8. The second-order valence-electron chi connectivity index (χ2n) is 9.84. The molecular formula is C26H25ClF2N6O2. The van der Waals surface area contributed by atoms with Gasteiger partial charge in [0.25, 0.3) is 5.92 Å². The SMILES string of the molecule is Cc1cc([C@@H](C)Nc2ccc(Cl)nc2C(=O)O)c2nc(N3CC4CCCC(C3)C4(F)F)c(C#N)nc2c1. The summed E-state index contributed by atoms with van der Waals surface area (Å²) in [6.07, 6.45) is 1.66. The van der Waals surface area contributed by atoms with E-state index < -0.39 is 29.8 Å². The van der Waals surface area contributed by atoms with Crippen LogP contribution in [0.5, 0.6) is 0 Å². The van der Waals surface area contributed by atoms with Crippen LogP contribution >= 0.6 is 11.6 Å². The van der Waals surface area contributed by atoms with Gasteiger partial charge in [-0.2, -0.15) is 5.26 Å². The highest BCUT2D eigenvalue weighted by Gasteiger charge is 2.53. The summed E-state index contributed by atoms with van der Waals surface area (Å²) in [6.45, 7) is 3.97. The molecule has 11 heteroatoms. The summed E-state index contributed by atoms with van der Waals surface area (Å²) < 4.78 is 29.6. The number of alkyl halides is 2. The number of carbonyl (C=O) groups is 1. The number of fused-ring (bicyclic) bond motifs is 3. The number of aromatic nitrogens is 3. The van der Waals surface area contributed by atoms with E-state index in [2.05, 4.69) is 21.4 Å². The van der Waals surface area contributed by atoms with Crippen LogP contribution < -0.4 is 10.2 Å². The van der Waals surface area contributed by atoms with Gasteiger partial charge in [0.1, 0.15) is 11.2 Å². The Balaban J connectivity index is 1.57. The third kappa shape index (κ3) is 4.53. The van der Waals surface area contributed by atoms with Crippen LogP contribution in [0, 0.1) is 30.1 Å². The summed E-state index contributed by atoms with van der Waals surface area (Å²) >= 11 is 5.89. The van der Waals surface area contributed by atoms with Crippen LogP contribution in [-0.4, -0.2) is 45.0 Å². The number of benzene rings is 1. The molecule has 2 fully saturated rings. The molecule has 0 amide bonds. The summed E-state index contributed by atoms with van der Waals surface area (Å²) in [5, 5.41) is 22.6. The molecule has 2 N–H and O–H groups in total. The molecular weight excluding hydrogens is 502 g/mol. The van der Waals surface area contributed by atoms with Gasteiger partial charge in [0, 0.05) is 30.5 Å². The average Bonchev–Trinajstić information content (AvgIpc) is 2.83. The van der Waals surface area contributed by atoms with Crippen LogP contribution in [0.2, 0.25) is 5.15 Å². The number of pyridine rings is 1. The number of nitrogens with zero attached hydrogens (tertiary/aromatic N) is 5. The maximum Gasteiger partial charge on any atom is 0.356 e. The van der Waals surface area contributed by atoms with Crippen molar-refractivity contribution in [1.82, 2.24) is 15.0 Å². The number of hydrogen-bond donors (Lipinski definition) is 2. The summed E-state index contributed by atoms with van der Waals surface area (Å²) in [5.74, 6) is -5.21. The van der Waals surface area contributed by atoms with Crippen LogP contribution in [0.15, 0.2) is 24.3 Å². The van der Waals surface area contributed by atoms with Crippen LogP contribution in [0.25, 0.3) is 11.0 Å². The molecule has 8 nitrogen and oxygen atoms in total. The van der Waals surface area contributed by atoms with Crippen molar-refractivity contribution < 1.29 is 18.7 Å². The number of aryl methyl sites for hydroxylation is 1. The van der Waals surface area contributed by atoms with E-state index in [1.807, 2.05) is 26.0 Å². The Morgan fingerprint density at radius 2 is 1.95 bits per heavy atom. The Hall–Kier alpha value is -3.58. The van der Waals surface area contributed by atoms with E-state index in [-0.39, 0.29) is 35.3 Å². The molecule has 2 bridgehead atoms. The third-order valence-electron chi connectivity index (χ3n) is 7.31. The van der Waals surface area contributed by atoms with Gasteiger partial charge in [0.15, 0.2) is 17.2 Å². The van der Waals surface area contributed by atoms with Crippen LogP contribution in [0.4, 0.5) is 20.3 Å². The van der Waals surface area contributed by atoms with E-state index in [0.717, 1.165) is 17.5 Å². The molecule has 2 unspecified atom stereocenters. The number of nitrogens with one attached hydrogen (secondary N) is 1. The number of hydrogen-bond acceptors (Lipinski definition) is 7. The Labute approximate surface area is 217 Å². The first-order valence-corrected chi connectivity index (χ1v) is 12.5. The van der Waals surface area contributed by atoms with E-state index in [0.29, 0.717) is 29.7 Å². The van der Waals surface area contributed by atoms with Crippen molar-refractivity contribution in [3.8, 4) is 6.07 Å². The fraction of sp³-hybridized carbons (Fsp3) is 0.423. The summed E-state index contributed by atoms with van der Waals surface area (Å²) in [7, 11) is 0. The smallest absolute Gasteiger partial charge is 0.356 e. The van der Waals surface area contributed by atoms with Crippen molar-refractivity contribution in [3.05, 3.63) is 51.9 Å². The molecule has 2 aliphatic rings. The molecule has 3 heterocycles. The van der Waals surface area contributed by atoms with E-state index in [9.17, 15) is 23.9 Å². The summed E-state index contributed by atoms with van der Waals surface area (Å²) in [5.41, 5.74) is 2.79. The molecule has 0 radical (unpaired) electrons. The molecule has 1 saturated carbocycles. The first-order chi connectivity index (χ1) is 17.6. The minimum absolute atomic E-state index is 0.0630. The van der Waals surface area contributed by atoms with Gasteiger partial charge in [-0.05, 0) is 50.5 Å². The van der Waals surface area contributed by atoms with Crippen LogP contribution in [-0.2, 0) is 0 Å². The Morgan fingerprint density at radius 1 is 1.24 bits per heavy atom. The largest absolute Gasteiger partial charge is 0.476 e. The molecule has 3 atom stereocenters. The van der Waals surface area contributed by atoms with Gasteiger partial charge in [-0.15, -0.1) is 0 Å². The highest BCUT2D eigenvalue weighted by atomic mass is 35.5. The van der Waals surface area contributed by atoms with Crippen LogP contribution in [0.1, 0.15) is 59.5 Å². The second kappa shape index (κ2) is 9.38. The number of aromatic carboxylic acids is 1. The quantitative estimate of drug-likeness (QED) is 0.413. The molecule has 37 heavy (non-hydrogen) atoms. The minimum atomic E-state index is -2.72. The Kier molecular flexibility index (Phi) is 6.36. The zero-order valence-electron chi connectivity index (χ0n) is 20.3. The van der Waals surface area contributed by atoms with E-state index in [4.69, 9.17) is 16.6 Å². The number of rotatable bonds is 5. The lowest BCUT2D eigenvalue weighted by Gasteiger charge is -2.47. The number of piperidine rings is 1. The maximum atomic E-state index is 14.8. The zero-order chi connectivity index (χ0) is 26.5. The van der Waals surface area contributed by atoms with E-state index >= 15 is 0 Å². The lowest BCUT2D eigenvalue weighted by Crippen LogP contribution is -2.56. The third-order valence-corrected chi connectivity index (χ3v) is 7.52. The Bertz CT molecular complexity index is 1430. The standard InChI is InChI=1S/C26H25ClF2N6O2/c1-13-8-17(14(2)31-18-6-7-21(27)33-23(18)25(36)37)22-19(9-13)32-20(10-30)24(34-22)35-11-15-4-3-5-16(12-35)26(15,28)29/h6-9,14-16,31H,3-5,11-12H2,1-2H3,(H,36,37)/t14-,15?,16?/m1/s1. The van der Waals surface area contributed by atoms with Gasteiger partial charge in [-0.1, -0.05) is 24.1 Å². The maximum absolute atomic E-state index is 14.8. The van der Waals surface area contributed by atoms with Gasteiger partial charge in [0.2, 0.25) is 0 Å². The first-order valence-electron chi connectivity index (χ1n) is 12.1. The predicted octanol–water partition coefficient (Wildman–Crippen LogP) is 5.60. The number of carboxylic acids is 1. The monoisotopic (exact) mass is 526 g/mol. The van der Waals surface area contributed by atoms with Gasteiger partial charge >= 0.3 is 5.97 Å². The number of anilines is 2. The van der Waals surface area contributed by atoms with E-state index in [1.165, 1.54) is 6.07 Å². The molecule has 192 valence electrons.